The van der Waals surface area contributed by atoms with Gasteiger partial charge in [0.05, 0.1) is 16.3 Å². The minimum atomic E-state index is -4.40. The van der Waals surface area contributed by atoms with Crippen LogP contribution in [0.2, 0.25) is 5.02 Å². The number of halogens is 4. The van der Waals surface area contributed by atoms with Crippen molar-refractivity contribution in [2.45, 2.75) is 12.7 Å². The van der Waals surface area contributed by atoms with Gasteiger partial charge < -0.3 is 5.32 Å². The SMILES string of the molecule is N#Cc1ccc(CNc2cc(C(F)(F)F)ccc2Cl)s1. The van der Waals surface area contributed by atoms with Crippen molar-refractivity contribution >= 4 is 28.6 Å². The minimum absolute atomic E-state index is 0.216. The summed E-state index contributed by atoms with van der Waals surface area (Å²) in [5, 5.41) is 11.8. The molecule has 0 saturated heterocycles. The molecule has 104 valence electrons. The van der Waals surface area contributed by atoms with Gasteiger partial charge in [0.1, 0.15) is 10.9 Å². The van der Waals surface area contributed by atoms with Gasteiger partial charge in [-0.1, -0.05) is 11.6 Å². The third-order valence-corrected chi connectivity index (χ3v) is 3.84. The lowest BCUT2D eigenvalue weighted by Gasteiger charge is -2.11. The van der Waals surface area contributed by atoms with Crippen LogP contribution in [0.4, 0.5) is 18.9 Å². The second-order valence-electron chi connectivity index (χ2n) is 3.92. The molecule has 7 heteroatoms. The first kappa shape index (κ1) is 14.7. The summed E-state index contributed by atoms with van der Waals surface area (Å²) in [4.78, 5) is 1.40. The molecule has 0 radical (unpaired) electrons. The Balaban J connectivity index is 2.15. The van der Waals surface area contributed by atoms with Crippen molar-refractivity contribution < 1.29 is 13.2 Å². The molecule has 2 rings (SSSR count). The zero-order valence-corrected chi connectivity index (χ0v) is 11.5. The van der Waals surface area contributed by atoms with E-state index < -0.39 is 11.7 Å². The summed E-state index contributed by atoms with van der Waals surface area (Å²) in [5.74, 6) is 0. The van der Waals surface area contributed by atoms with E-state index in [0.717, 1.165) is 17.0 Å². The number of hydrogen-bond donors (Lipinski definition) is 1. The summed E-state index contributed by atoms with van der Waals surface area (Å²) in [5.41, 5.74) is -0.540. The Morgan fingerprint density at radius 2 is 2.00 bits per heavy atom. The Hall–Kier alpha value is -1.71. The Bertz CT molecular complexity index is 658. The van der Waals surface area contributed by atoms with Gasteiger partial charge in [-0.15, -0.1) is 11.3 Å². The minimum Gasteiger partial charge on any atom is -0.379 e. The van der Waals surface area contributed by atoms with Gasteiger partial charge in [-0.3, -0.25) is 0 Å². The van der Waals surface area contributed by atoms with Crippen molar-refractivity contribution in [3.63, 3.8) is 0 Å². The first-order valence-electron chi connectivity index (χ1n) is 5.49. The summed E-state index contributed by atoms with van der Waals surface area (Å²) in [6, 6.07) is 8.53. The maximum atomic E-state index is 12.6. The molecular weight excluding hydrogens is 309 g/mol. The first-order chi connectivity index (χ1) is 9.40. The van der Waals surface area contributed by atoms with E-state index in [2.05, 4.69) is 5.32 Å². The number of alkyl halides is 3. The third kappa shape index (κ3) is 3.44. The highest BCUT2D eigenvalue weighted by Gasteiger charge is 2.30. The van der Waals surface area contributed by atoms with Crippen molar-refractivity contribution in [2.24, 2.45) is 0 Å². The lowest BCUT2D eigenvalue weighted by Crippen LogP contribution is -2.06. The number of benzene rings is 1. The predicted octanol–water partition coefficient (Wildman–Crippen LogP) is 4.90. The molecular formula is C13H8ClF3N2S. The Labute approximate surface area is 122 Å². The molecule has 20 heavy (non-hydrogen) atoms. The number of nitrogens with one attached hydrogen (secondary N) is 1. The van der Waals surface area contributed by atoms with Crippen LogP contribution in [0, 0.1) is 11.3 Å². The molecule has 1 aromatic heterocycles. The van der Waals surface area contributed by atoms with Gasteiger partial charge in [0, 0.05) is 11.4 Å². The van der Waals surface area contributed by atoms with Crippen molar-refractivity contribution in [2.75, 3.05) is 5.32 Å². The Morgan fingerprint density at radius 3 is 2.60 bits per heavy atom. The van der Waals surface area contributed by atoms with Crippen molar-refractivity contribution in [1.29, 1.82) is 5.26 Å². The van der Waals surface area contributed by atoms with E-state index in [0.29, 0.717) is 11.4 Å². The highest BCUT2D eigenvalue weighted by atomic mass is 35.5. The molecule has 0 atom stereocenters. The monoisotopic (exact) mass is 316 g/mol. The molecule has 0 unspecified atom stereocenters. The molecule has 2 aromatic rings. The molecule has 1 heterocycles. The van der Waals surface area contributed by atoms with Crippen LogP contribution in [0.25, 0.3) is 0 Å². The summed E-state index contributed by atoms with van der Waals surface area (Å²) in [6.45, 7) is 0.313. The largest absolute Gasteiger partial charge is 0.416 e. The van der Waals surface area contributed by atoms with Crippen molar-refractivity contribution in [3.8, 4) is 6.07 Å². The molecule has 0 fully saturated rings. The van der Waals surface area contributed by atoms with Crippen LogP contribution in [-0.2, 0) is 12.7 Å². The zero-order valence-electron chi connectivity index (χ0n) is 9.96. The fourth-order valence-corrected chi connectivity index (χ4v) is 2.48. The van der Waals surface area contributed by atoms with Gasteiger partial charge in [0.2, 0.25) is 0 Å². The van der Waals surface area contributed by atoms with Crippen molar-refractivity contribution in [1.82, 2.24) is 0 Å². The number of nitrogens with zero attached hydrogens (tertiary/aromatic N) is 1. The van der Waals surface area contributed by atoms with Crippen LogP contribution >= 0.6 is 22.9 Å². The maximum absolute atomic E-state index is 12.6. The number of rotatable bonds is 3. The molecule has 0 saturated carbocycles. The average molecular weight is 317 g/mol. The zero-order chi connectivity index (χ0) is 14.8. The topological polar surface area (TPSA) is 35.8 Å². The standard InChI is InChI=1S/C13H8ClF3N2S/c14-11-4-1-8(13(15,16)17)5-12(11)19-7-10-3-2-9(6-18)20-10/h1-5,19H,7H2. The van der Waals surface area contributed by atoms with Gasteiger partial charge in [0.15, 0.2) is 0 Å². The fraction of sp³-hybridized carbons (Fsp3) is 0.154. The molecule has 0 aliphatic rings. The van der Waals surface area contributed by atoms with Gasteiger partial charge in [-0.2, -0.15) is 18.4 Å². The summed E-state index contributed by atoms with van der Waals surface area (Å²) in [6.07, 6.45) is -4.40. The van der Waals surface area contributed by atoms with Crippen LogP contribution in [-0.4, -0.2) is 0 Å². The number of hydrogen-bond acceptors (Lipinski definition) is 3. The average Bonchev–Trinajstić information content (AvgIpc) is 2.84. The summed E-state index contributed by atoms with van der Waals surface area (Å²) < 4.78 is 37.8. The van der Waals surface area contributed by atoms with Gasteiger partial charge >= 0.3 is 6.18 Å². The van der Waals surface area contributed by atoms with E-state index in [1.54, 1.807) is 12.1 Å². The van der Waals surface area contributed by atoms with E-state index in [1.165, 1.54) is 17.4 Å². The summed E-state index contributed by atoms with van der Waals surface area (Å²) in [7, 11) is 0. The van der Waals surface area contributed by atoms with Crippen LogP contribution in [0.5, 0.6) is 0 Å². The lowest BCUT2D eigenvalue weighted by molar-refractivity contribution is -0.137. The second kappa shape index (κ2) is 5.73. The summed E-state index contributed by atoms with van der Waals surface area (Å²) >= 11 is 7.15. The van der Waals surface area contributed by atoms with Crippen LogP contribution in [0.3, 0.4) is 0 Å². The van der Waals surface area contributed by atoms with E-state index in [1.807, 2.05) is 6.07 Å². The number of anilines is 1. The van der Waals surface area contributed by atoms with E-state index in [-0.39, 0.29) is 10.7 Å². The highest BCUT2D eigenvalue weighted by Crippen LogP contribution is 2.34. The Morgan fingerprint density at radius 1 is 1.25 bits per heavy atom. The van der Waals surface area contributed by atoms with Crippen LogP contribution in [0.15, 0.2) is 30.3 Å². The van der Waals surface area contributed by atoms with Crippen LogP contribution < -0.4 is 5.32 Å². The van der Waals surface area contributed by atoms with E-state index in [9.17, 15) is 13.2 Å². The Kier molecular flexibility index (Phi) is 4.21. The quantitative estimate of drug-likeness (QED) is 0.873. The van der Waals surface area contributed by atoms with Gasteiger partial charge in [-0.25, -0.2) is 0 Å². The molecule has 0 aliphatic heterocycles. The normalized spacial score (nSPS) is 11.2. The molecule has 2 nitrogen and oxygen atoms in total. The molecule has 1 aromatic carbocycles. The smallest absolute Gasteiger partial charge is 0.379 e. The maximum Gasteiger partial charge on any atom is 0.416 e. The second-order valence-corrected chi connectivity index (χ2v) is 5.50. The van der Waals surface area contributed by atoms with Crippen molar-refractivity contribution in [3.05, 3.63) is 50.7 Å². The molecule has 0 spiro atoms. The highest BCUT2D eigenvalue weighted by molar-refractivity contribution is 7.12. The molecule has 1 N–H and O–H groups in total. The van der Waals surface area contributed by atoms with Gasteiger partial charge in [0.25, 0.3) is 0 Å². The predicted molar refractivity (Wildman–Crippen MR) is 72.8 cm³/mol. The molecule has 0 aliphatic carbocycles. The van der Waals surface area contributed by atoms with E-state index in [4.69, 9.17) is 16.9 Å². The first-order valence-corrected chi connectivity index (χ1v) is 6.69. The van der Waals surface area contributed by atoms with Crippen LogP contribution in [0.1, 0.15) is 15.3 Å². The third-order valence-electron chi connectivity index (χ3n) is 2.52. The fourth-order valence-electron chi connectivity index (χ4n) is 1.55. The lowest BCUT2D eigenvalue weighted by atomic mass is 10.2. The molecule has 0 amide bonds. The van der Waals surface area contributed by atoms with E-state index >= 15 is 0 Å². The number of nitriles is 1. The number of thiophene rings is 1. The van der Waals surface area contributed by atoms with Gasteiger partial charge in [-0.05, 0) is 30.3 Å². The molecule has 0 bridgehead atoms.